The Morgan fingerprint density at radius 2 is 2.04 bits per heavy atom. The second-order valence-electron chi connectivity index (χ2n) is 7.05. The summed E-state index contributed by atoms with van der Waals surface area (Å²) in [5, 5.41) is 5.81. The number of fused-ring (bicyclic) bond motifs is 1. The van der Waals surface area contributed by atoms with Crippen molar-refractivity contribution in [2.24, 2.45) is 0 Å². The number of hydrogen-bond donors (Lipinski definition) is 2. The molecule has 3 aliphatic rings. The first-order chi connectivity index (χ1) is 12.0. The summed E-state index contributed by atoms with van der Waals surface area (Å²) in [5.41, 5.74) is 0.958. The maximum atomic E-state index is 12.8. The molecule has 0 spiro atoms. The number of hydrogen-bond acceptors (Lipinski definition) is 4. The number of carbonyl (C=O) groups is 3. The van der Waals surface area contributed by atoms with E-state index in [-0.39, 0.29) is 28.6 Å². The number of carbonyl (C=O) groups excluding carboxylic acids is 3. The van der Waals surface area contributed by atoms with Gasteiger partial charge in [-0.1, -0.05) is 12.1 Å². The minimum Gasteiger partial charge on any atom is -0.349 e. The summed E-state index contributed by atoms with van der Waals surface area (Å²) in [6.07, 6.45) is 3.29. The van der Waals surface area contributed by atoms with Gasteiger partial charge in [0.25, 0.3) is 5.91 Å². The fraction of sp³-hybridized carbons (Fsp3) is 0.500. The highest BCUT2D eigenvalue weighted by Crippen LogP contribution is 2.47. The molecule has 132 valence electrons. The van der Waals surface area contributed by atoms with Gasteiger partial charge in [-0.25, -0.2) is 0 Å². The molecule has 1 aliphatic carbocycles. The number of thioether (sulfide) groups is 1. The Balaban J connectivity index is 1.51. The second-order valence-corrected chi connectivity index (χ2v) is 8.55. The maximum Gasteiger partial charge on any atom is 0.253 e. The fourth-order valence-corrected chi connectivity index (χ4v) is 4.94. The number of rotatable bonds is 4. The van der Waals surface area contributed by atoms with Gasteiger partial charge in [-0.3, -0.25) is 14.4 Å². The van der Waals surface area contributed by atoms with Crippen molar-refractivity contribution in [1.82, 2.24) is 10.2 Å². The van der Waals surface area contributed by atoms with Crippen LogP contribution in [-0.2, 0) is 9.59 Å². The molecule has 3 amide bonds. The number of para-hydroxylation sites is 1. The van der Waals surface area contributed by atoms with E-state index in [1.54, 1.807) is 40.9 Å². The number of benzene rings is 1. The van der Waals surface area contributed by atoms with E-state index >= 15 is 0 Å². The van der Waals surface area contributed by atoms with Crippen LogP contribution in [0, 0.1) is 0 Å². The van der Waals surface area contributed by atoms with E-state index in [9.17, 15) is 14.4 Å². The number of nitrogens with zero attached hydrogens (tertiary/aromatic N) is 1. The average molecular weight is 359 g/mol. The third-order valence-corrected chi connectivity index (χ3v) is 6.59. The first-order valence-corrected chi connectivity index (χ1v) is 9.63. The lowest BCUT2D eigenvalue weighted by molar-refractivity contribution is -0.135. The Hall–Kier alpha value is -2.02. The third kappa shape index (κ3) is 3.01. The molecule has 1 aromatic rings. The van der Waals surface area contributed by atoms with Gasteiger partial charge in [0.15, 0.2) is 0 Å². The van der Waals surface area contributed by atoms with Gasteiger partial charge in [0.05, 0.1) is 16.1 Å². The molecule has 0 radical (unpaired) electrons. The van der Waals surface area contributed by atoms with E-state index < -0.39 is 6.04 Å². The molecule has 1 saturated carbocycles. The quantitative estimate of drug-likeness (QED) is 0.862. The lowest BCUT2D eigenvalue weighted by atomic mass is 10.1. The monoisotopic (exact) mass is 359 g/mol. The van der Waals surface area contributed by atoms with Crippen LogP contribution in [0.15, 0.2) is 24.3 Å². The van der Waals surface area contributed by atoms with Crippen molar-refractivity contribution < 1.29 is 14.4 Å². The van der Waals surface area contributed by atoms with Crippen LogP contribution in [0.2, 0.25) is 0 Å². The van der Waals surface area contributed by atoms with Crippen LogP contribution in [0.1, 0.15) is 43.0 Å². The van der Waals surface area contributed by atoms with Gasteiger partial charge >= 0.3 is 0 Å². The molecule has 2 saturated heterocycles. The summed E-state index contributed by atoms with van der Waals surface area (Å²) < 4.78 is 0. The van der Waals surface area contributed by atoms with E-state index in [0.717, 1.165) is 19.3 Å². The lowest BCUT2D eigenvalue weighted by Crippen LogP contribution is -2.48. The van der Waals surface area contributed by atoms with Crippen molar-refractivity contribution in [1.29, 1.82) is 0 Å². The van der Waals surface area contributed by atoms with Gasteiger partial charge in [0, 0.05) is 18.2 Å². The van der Waals surface area contributed by atoms with E-state index in [4.69, 9.17) is 0 Å². The highest BCUT2D eigenvalue weighted by molar-refractivity contribution is 8.01. The van der Waals surface area contributed by atoms with Crippen LogP contribution in [0.3, 0.4) is 0 Å². The van der Waals surface area contributed by atoms with Crippen molar-refractivity contribution in [2.75, 3.05) is 11.1 Å². The molecule has 0 aromatic heterocycles. The number of anilines is 1. The fourth-order valence-electron chi connectivity index (χ4n) is 3.51. The van der Waals surface area contributed by atoms with Crippen LogP contribution >= 0.6 is 11.8 Å². The Labute approximate surface area is 150 Å². The third-order valence-electron chi connectivity index (χ3n) is 5.09. The Morgan fingerprint density at radius 1 is 1.28 bits per heavy atom. The van der Waals surface area contributed by atoms with Gasteiger partial charge in [-0.15, -0.1) is 11.8 Å². The molecular weight excluding hydrogens is 338 g/mol. The van der Waals surface area contributed by atoms with E-state index in [2.05, 4.69) is 10.6 Å². The first kappa shape index (κ1) is 16.4. The zero-order valence-corrected chi connectivity index (χ0v) is 14.9. The van der Waals surface area contributed by atoms with E-state index in [1.807, 2.05) is 6.92 Å². The predicted molar refractivity (Wildman–Crippen MR) is 96.3 cm³/mol. The molecule has 1 aromatic carbocycles. The maximum absolute atomic E-state index is 12.8. The second kappa shape index (κ2) is 6.05. The molecule has 2 aliphatic heterocycles. The highest BCUT2D eigenvalue weighted by Gasteiger charge is 2.52. The van der Waals surface area contributed by atoms with Gasteiger partial charge in [0.1, 0.15) is 6.04 Å². The van der Waals surface area contributed by atoms with Crippen LogP contribution in [0.25, 0.3) is 0 Å². The van der Waals surface area contributed by atoms with Crippen molar-refractivity contribution in [3.63, 3.8) is 0 Å². The smallest absolute Gasteiger partial charge is 0.253 e. The molecule has 7 heteroatoms. The first-order valence-electron chi connectivity index (χ1n) is 8.65. The SMILES string of the molecule is C[C@]12CCC(=O)N1[C@@H](C(=O)Nc1ccccc1C(=O)NC1CC1)CS2. The molecular formula is C18H21N3O3S. The zero-order valence-electron chi connectivity index (χ0n) is 14.1. The van der Waals surface area contributed by atoms with E-state index in [0.29, 0.717) is 23.4 Å². The molecule has 25 heavy (non-hydrogen) atoms. The summed E-state index contributed by atoms with van der Waals surface area (Å²) in [4.78, 5) is 38.8. The van der Waals surface area contributed by atoms with Crippen LogP contribution in [-0.4, -0.2) is 45.3 Å². The topological polar surface area (TPSA) is 78.5 Å². The van der Waals surface area contributed by atoms with Gasteiger partial charge < -0.3 is 15.5 Å². The van der Waals surface area contributed by atoms with Crippen molar-refractivity contribution in [3.05, 3.63) is 29.8 Å². The van der Waals surface area contributed by atoms with Gasteiger partial charge in [-0.2, -0.15) is 0 Å². The summed E-state index contributed by atoms with van der Waals surface area (Å²) in [5.74, 6) is 0.233. The Kier molecular flexibility index (Phi) is 3.98. The molecule has 0 unspecified atom stereocenters. The predicted octanol–water partition coefficient (Wildman–Crippen LogP) is 1.97. The standard InChI is InChI=1S/C18H21N3O3S/c1-18-9-8-15(22)21(18)14(10-25-18)17(24)20-13-5-3-2-4-12(13)16(23)19-11-6-7-11/h2-5,11,14H,6-10H2,1H3,(H,19,23)(H,20,24)/t14-,18+/m1/s1. The number of nitrogens with one attached hydrogen (secondary N) is 2. The highest BCUT2D eigenvalue weighted by atomic mass is 32.2. The number of amides is 3. The molecule has 2 atom stereocenters. The molecule has 3 fully saturated rings. The van der Waals surface area contributed by atoms with Crippen molar-refractivity contribution >= 4 is 35.2 Å². The van der Waals surface area contributed by atoms with Crippen LogP contribution < -0.4 is 10.6 Å². The average Bonchev–Trinajstić information content (AvgIpc) is 3.26. The Bertz CT molecular complexity index is 749. The lowest BCUT2D eigenvalue weighted by Gasteiger charge is -2.30. The molecule has 0 bridgehead atoms. The van der Waals surface area contributed by atoms with E-state index in [1.165, 1.54) is 0 Å². The van der Waals surface area contributed by atoms with Crippen LogP contribution in [0.5, 0.6) is 0 Å². The molecule has 2 heterocycles. The largest absolute Gasteiger partial charge is 0.349 e. The minimum atomic E-state index is -0.482. The molecule has 6 nitrogen and oxygen atoms in total. The normalized spacial score (nSPS) is 28.0. The molecule has 4 rings (SSSR count). The van der Waals surface area contributed by atoms with Crippen molar-refractivity contribution in [3.8, 4) is 0 Å². The summed E-state index contributed by atoms with van der Waals surface area (Å²) in [7, 11) is 0. The summed E-state index contributed by atoms with van der Waals surface area (Å²) >= 11 is 1.66. The molecule has 2 N–H and O–H groups in total. The zero-order chi connectivity index (χ0) is 17.6. The summed E-state index contributed by atoms with van der Waals surface area (Å²) in [6.45, 7) is 2.02. The van der Waals surface area contributed by atoms with Crippen molar-refractivity contribution in [2.45, 2.75) is 49.6 Å². The minimum absolute atomic E-state index is 0.0346. The summed E-state index contributed by atoms with van der Waals surface area (Å²) in [6, 6.07) is 6.78. The Morgan fingerprint density at radius 3 is 2.80 bits per heavy atom. The van der Waals surface area contributed by atoms with Gasteiger partial charge in [-0.05, 0) is 38.3 Å². The van der Waals surface area contributed by atoms with Crippen LogP contribution in [0.4, 0.5) is 5.69 Å². The van der Waals surface area contributed by atoms with Gasteiger partial charge in [0.2, 0.25) is 11.8 Å².